The van der Waals surface area contributed by atoms with Crippen LogP contribution >= 0.6 is 0 Å². The molecule has 2 aromatic rings. The topological polar surface area (TPSA) is 68.1 Å². The molecule has 0 N–H and O–H groups in total. The highest BCUT2D eigenvalue weighted by molar-refractivity contribution is 6.52. The van der Waals surface area contributed by atoms with Gasteiger partial charge in [0.2, 0.25) is 0 Å². The zero-order chi connectivity index (χ0) is 15.1. The van der Waals surface area contributed by atoms with Crippen LogP contribution in [0.1, 0.15) is 23.1 Å². The summed E-state index contributed by atoms with van der Waals surface area (Å²) in [7, 11) is 0. The predicted octanol–water partition coefficient (Wildman–Crippen LogP) is 1.31. The number of benzene rings is 1. The zero-order valence-corrected chi connectivity index (χ0v) is 11.0. The van der Waals surface area contributed by atoms with Crippen molar-refractivity contribution < 1.29 is 18.4 Å². The van der Waals surface area contributed by atoms with E-state index < -0.39 is 28.9 Å². The van der Waals surface area contributed by atoms with Gasteiger partial charge in [-0.25, -0.2) is 18.4 Å². The van der Waals surface area contributed by atoms with Crippen LogP contribution in [0.5, 0.6) is 0 Å². The van der Waals surface area contributed by atoms with Crippen molar-refractivity contribution in [2.75, 3.05) is 4.90 Å². The highest BCUT2D eigenvalue weighted by Crippen LogP contribution is 2.34. The smallest absolute Gasteiger partial charge is 0.294 e. The van der Waals surface area contributed by atoms with Gasteiger partial charge < -0.3 is 0 Å². The predicted molar refractivity (Wildman–Crippen MR) is 67.6 cm³/mol. The molecule has 2 heterocycles. The third-order valence-corrected chi connectivity index (χ3v) is 3.31. The SMILES string of the molecule is CCn1ncnc1CN1C(=O)C(=O)c2c(F)ccc(F)c21. The molecule has 3 rings (SSSR count). The van der Waals surface area contributed by atoms with E-state index in [2.05, 4.69) is 10.1 Å². The van der Waals surface area contributed by atoms with Crippen LogP contribution in [-0.2, 0) is 17.9 Å². The van der Waals surface area contributed by atoms with Crippen LogP contribution in [0.2, 0.25) is 0 Å². The number of carbonyl (C=O) groups is 2. The number of amides is 1. The van der Waals surface area contributed by atoms with Crippen LogP contribution in [0.15, 0.2) is 18.5 Å². The fourth-order valence-corrected chi connectivity index (χ4v) is 2.32. The minimum atomic E-state index is -1.05. The molecule has 6 nitrogen and oxygen atoms in total. The van der Waals surface area contributed by atoms with Gasteiger partial charge in [0.25, 0.3) is 11.7 Å². The second kappa shape index (κ2) is 4.72. The quantitative estimate of drug-likeness (QED) is 0.800. The first-order valence-corrected chi connectivity index (χ1v) is 6.25. The number of Topliss-reactive ketones (excluding diaryl/α,β-unsaturated/α-hetero) is 1. The number of hydrogen-bond donors (Lipinski definition) is 0. The van der Waals surface area contributed by atoms with E-state index in [0.717, 1.165) is 17.0 Å². The van der Waals surface area contributed by atoms with Crippen molar-refractivity contribution in [3.63, 3.8) is 0 Å². The number of carbonyl (C=O) groups excluding carboxylic acids is 2. The molecule has 21 heavy (non-hydrogen) atoms. The molecular formula is C13H10F2N4O2. The fourth-order valence-electron chi connectivity index (χ4n) is 2.32. The molecule has 0 spiro atoms. The summed E-state index contributed by atoms with van der Waals surface area (Å²) in [6, 6.07) is 1.72. The lowest BCUT2D eigenvalue weighted by atomic mass is 10.1. The molecular weight excluding hydrogens is 282 g/mol. The molecule has 0 bridgehead atoms. The standard InChI is InChI=1S/C13H10F2N4O2/c1-2-19-9(16-6-17-19)5-18-11-8(15)4-3-7(14)10(11)12(20)13(18)21/h3-4,6H,2,5H2,1H3. The molecule has 108 valence electrons. The van der Waals surface area contributed by atoms with Crippen molar-refractivity contribution in [3.05, 3.63) is 41.5 Å². The van der Waals surface area contributed by atoms with Gasteiger partial charge in [0.05, 0.1) is 17.8 Å². The van der Waals surface area contributed by atoms with E-state index >= 15 is 0 Å². The number of hydrogen-bond acceptors (Lipinski definition) is 4. The van der Waals surface area contributed by atoms with Crippen molar-refractivity contribution in [2.24, 2.45) is 0 Å². The van der Waals surface area contributed by atoms with E-state index in [4.69, 9.17) is 0 Å². The van der Waals surface area contributed by atoms with Gasteiger partial charge in [-0.2, -0.15) is 5.10 Å². The number of nitrogens with zero attached hydrogens (tertiary/aromatic N) is 4. The van der Waals surface area contributed by atoms with E-state index in [1.165, 1.54) is 11.0 Å². The van der Waals surface area contributed by atoms with Crippen LogP contribution in [0.4, 0.5) is 14.5 Å². The van der Waals surface area contributed by atoms with Crippen molar-refractivity contribution in [3.8, 4) is 0 Å². The molecule has 1 aromatic heterocycles. The average Bonchev–Trinajstić information content (AvgIpc) is 3.02. The summed E-state index contributed by atoms with van der Waals surface area (Å²) in [6.45, 7) is 2.18. The lowest BCUT2D eigenvalue weighted by Crippen LogP contribution is -2.31. The Labute approximate surface area is 118 Å². The number of anilines is 1. The van der Waals surface area contributed by atoms with Gasteiger partial charge in [-0.05, 0) is 19.1 Å². The maximum absolute atomic E-state index is 13.9. The Morgan fingerprint density at radius 2 is 1.90 bits per heavy atom. The lowest BCUT2D eigenvalue weighted by Gasteiger charge is -2.16. The molecule has 0 atom stereocenters. The average molecular weight is 292 g/mol. The molecule has 0 saturated heterocycles. The summed E-state index contributed by atoms with van der Waals surface area (Å²) >= 11 is 0. The molecule has 1 aromatic carbocycles. The van der Waals surface area contributed by atoms with E-state index in [0.29, 0.717) is 12.4 Å². The first-order chi connectivity index (χ1) is 10.0. The molecule has 8 heteroatoms. The molecule has 1 aliphatic heterocycles. The monoisotopic (exact) mass is 292 g/mol. The third kappa shape index (κ3) is 1.91. The first kappa shape index (κ1) is 13.3. The van der Waals surface area contributed by atoms with Crippen molar-refractivity contribution in [1.82, 2.24) is 14.8 Å². The Balaban J connectivity index is 2.08. The lowest BCUT2D eigenvalue weighted by molar-refractivity contribution is -0.114. The number of fused-ring (bicyclic) bond motifs is 1. The fraction of sp³-hybridized carbons (Fsp3) is 0.231. The van der Waals surface area contributed by atoms with Gasteiger partial charge in [0.1, 0.15) is 23.8 Å². The normalized spacial score (nSPS) is 14.0. The summed E-state index contributed by atoms with van der Waals surface area (Å²) in [5, 5.41) is 3.93. The highest BCUT2D eigenvalue weighted by atomic mass is 19.1. The molecule has 0 unspecified atom stereocenters. The van der Waals surface area contributed by atoms with Crippen molar-refractivity contribution in [1.29, 1.82) is 0 Å². The molecule has 1 aliphatic rings. The minimum absolute atomic E-state index is 0.147. The van der Waals surface area contributed by atoms with Crippen LogP contribution < -0.4 is 4.90 Å². The number of aromatic nitrogens is 3. The van der Waals surface area contributed by atoms with Crippen molar-refractivity contribution in [2.45, 2.75) is 20.0 Å². The van der Waals surface area contributed by atoms with E-state index in [9.17, 15) is 18.4 Å². The Bertz CT molecular complexity index is 757. The van der Waals surface area contributed by atoms with Crippen LogP contribution in [0.3, 0.4) is 0 Å². The summed E-state index contributed by atoms with van der Waals surface area (Å²) in [4.78, 5) is 28.7. The third-order valence-electron chi connectivity index (χ3n) is 3.31. The van der Waals surface area contributed by atoms with Gasteiger partial charge in [-0.3, -0.25) is 14.5 Å². The molecule has 0 aliphatic carbocycles. The second-order valence-corrected chi connectivity index (χ2v) is 4.47. The summed E-state index contributed by atoms with van der Waals surface area (Å²) < 4.78 is 29.1. The van der Waals surface area contributed by atoms with E-state index in [1.807, 2.05) is 6.92 Å². The van der Waals surface area contributed by atoms with Gasteiger partial charge in [0, 0.05) is 6.54 Å². The van der Waals surface area contributed by atoms with Crippen molar-refractivity contribution >= 4 is 17.4 Å². The Hall–Kier alpha value is -2.64. The van der Waals surface area contributed by atoms with Gasteiger partial charge in [-0.15, -0.1) is 0 Å². The zero-order valence-electron chi connectivity index (χ0n) is 11.0. The first-order valence-electron chi connectivity index (χ1n) is 6.25. The Morgan fingerprint density at radius 3 is 2.62 bits per heavy atom. The minimum Gasteiger partial charge on any atom is -0.294 e. The van der Waals surface area contributed by atoms with E-state index in [1.54, 1.807) is 0 Å². The van der Waals surface area contributed by atoms with Crippen LogP contribution in [0, 0.1) is 11.6 Å². The summed E-state index contributed by atoms with van der Waals surface area (Å²) in [5.41, 5.74) is -0.863. The highest BCUT2D eigenvalue weighted by Gasteiger charge is 2.41. The number of halogens is 2. The summed E-state index contributed by atoms with van der Waals surface area (Å²) in [5.74, 6) is -3.38. The number of aryl methyl sites for hydroxylation is 1. The second-order valence-electron chi connectivity index (χ2n) is 4.47. The summed E-state index contributed by atoms with van der Waals surface area (Å²) in [6.07, 6.45) is 1.30. The molecule has 0 saturated carbocycles. The van der Waals surface area contributed by atoms with E-state index in [-0.39, 0.29) is 12.2 Å². The molecule has 1 amide bonds. The van der Waals surface area contributed by atoms with Gasteiger partial charge in [-0.1, -0.05) is 0 Å². The van der Waals surface area contributed by atoms with Gasteiger partial charge in [0.15, 0.2) is 0 Å². The van der Waals surface area contributed by atoms with Crippen LogP contribution in [-0.4, -0.2) is 26.5 Å². The van der Waals surface area contributed by atoms with Crippen LogP contribution in [0.25, 0.3) is 0 Å². The largest absolute Gasteiger partial charge is 0.300 e. The molecule has 0 fully saturated rings. The number of rotatable bonds is 3. The van der Waals surface area contributed by atoms with Gasteiger partial charge >= 0.3 is 0 Å². The Kier molecular flexibility index (Phi) is 3.00. The number of ketones is 1. The maximum atomic E-state index is 13.9. The molecule has 0 radical (unpaired) electrons. The maximum Gasteiger partial charge on any atom is 0.300 e. The Morgan fingerprint density at radius 1 is 1.19 bits per heavy atom.